The van der Waals surface area contributed by atoms with Gasteiger partial charge in [0.2, 0.25) is 0 Å². The van der Waals surface area contributed by atoms with Gasteiger partial charge in [0.25, 0.3) is 5.91 Å². The number of hydrogen-bond donors (Lipinski definition) is 2. The van der Waals surface area contributed by atoms with Crippen LogP contribution in [0.5, 0.6) is 0 Å². The zero-order valence-corrected chi connectivity index (χ0v) is 12.5. The van der Waals surface area contributed by atoms with Gasteiger partial charge in [-0.15, -0.1) is 0 Å². The molecule has 0 aliphatic heterocycles. The van der Waals surface area contributed by atoms with Crippen molar-refractivity contribution in [2.24, 2.45) is 11.8 Å². The number of nitrogens with two attached hydrogens (primary N) is 1. The molecule has 0 rings (SSSR count). The number of alkyl halides is 3. The van der Waals surface area contributed by atoms with Crippen LogP contribution >= 0.6 is 0 Å². The van der Waals surface area contributed by atoms with E-state index >= 15 is 0 Å². The van der Waals surface area contributed by atoms with Crippen molar-refractivity contribution in [3.63, 3.8) is 0 Å². The van der Waals surface area contributed by atoms with Gasteiger partial charge in [-0.3, -0.25) is 25.9 Å². The van der Waals surface area contributed by atoms with Crippen LogP contribution < -0.4 is 11.3 Å². The fourth-order valence-electron chi connectivity index (χ4n) is 1.54. The average Bonchev–Trinajstić information content (AvgIpc) is 2.31. The van der Waals surface area contributed by atoms with E-state index in [-0.39, 0.29) is 19.0 Å². The minimum atomic E-state index is -5.04. The summed E-state index contributed by atoms with van der Waals surface area (Å²) in [6, 6.07) is 0. The second-order valence-corrected chi connectivity index (χ2v) is 5.16. The quantitative estimate of drug-likeness (QED) is 0.544. The Kier molecular flexibility index (Phi) is 8.26. The van der Waals surface area contributed by atoms with Crippen LogP contribution in [0.3, 0.4) is 0 Å². The first kappa shape index (κ1) is 19.7. The summed E-state index contributed by atoms with van der Waals surface area (Å²) in [5, 5.41) is 1.89. The van der Waals surface area contributed by atoms with E-state index in [9.17, 15) is 22.8 Å². The molecule has 2 amide bonds. The smallest absolute Gasteiger partial charge is 0.271 e. The molecule has 0 aliphatic rings. The Hall–Kier alpha value is -1.35. The standard InChI is InChI=1S/C12H23F3N4O2/c1-4-5-6-19(17-11(21)12(13,14)15)10(20)8-18(16)7-9(2)3/h9H,4-8,16H2,1-3H3,(H,17,21). The van der Waals surface area contributed by atoms with Crippen LogP contribution in [0.25, 0.3) is 0 Å². The highest BCUT2D eigenvalue weighted by atomic mass is 19.4. The number of rotatable bonds is 7. The molecule has 0 saturated carbocycles. The molecule has 124 valence electrons. The number of unbranched alkanes of at least 4 members (excludes halogenated alkanes) is 1. The van der Waals surface area contributed by atoms with Crippen LogP contribution in [0.4, 0.5) is 13.2 Å². The number of amides is 2. The molecule has 9 heteroatoms. The number of hydrogen-bond acceptors (Lipinski definition) is 4. The molecule has 0 aromatic rings. The predicted octanol–water partition coefficient (Wildman–Crippen LogP) is 1.04. The van der Waals surface area contributed by atoms with Gasteiger partial charge < -0.3 is 0 Å². The molecule has 0 aromatic heterocycles. The summed E-state index contributed by atoms with van der Waals surface area (Å²) in [6.07, 6.45) is -3.90. The van der Waals surface area contributed by atoms with Gasteiger partial charge >= 0.3 is 12.1 Å². The van der Waals surface area contributed by atoms with E-state index in [1.807, 2.05) is 20.8 Å². The normalized spacial score (nSPS) is 11.9. The van der Waals surface area contributed by atoms with Gasteiger partial charge in [0.05, 0.1) is 6.54 Å². The minimum absolute atomic E-state index is 0.00662. The minimum Gasteiger partial charge on any atom is -0.271 e. The molecule has 0 unspecified atom stereocenters. The Bertz CT molecular complexity index is 348. The second-order valence-electron chi connectivity index (χ2n) is 5.16. The summed E-state index contributed by atoms with van der Waals surface area (Å²) < 4.78 is 36.7. The Morgan fingerprint density at radius 2 is 1.86 bits per heavy atom. The maximum Gasteiger partial charge on any atom is 0.472 e. The first-order valence-electron chi connectivity index (χ1n) is 6.75. The van der Waals surface area contributed by atoms with E-state index in [2.05, 4.69) is 0 Å². The van der Waals surface area contributed by atoms with Crippen molar-refractivity contribution in [2.75, 3.05) is 19.6 Å². The Labute approximate surface area is 122 Å². The van der Waals surface area contributed by atoms with Crippen LogP contribution in [-0.4, -0.2) is 47.6 Å². The van der Waals surface area contributed by atoms with Gasteiger partial charge in [-0.25, -0.2) is 5.01 Å². The summed E-state index contributed by atoms with van der Waals surface area (Å²) in [5.41, 5.74) is 1.59. The molecule has 0 fully saturated rings. The zero-order chi connectivity index (χ0) is 16.6. The Morgan fingerprint density at radius 3 is 2.29 bits per heavy atom. The summed E-state index contributed by atoms with van der Waals surface area (Å²) in [5.74, 6) is 2.97. The zero-order valence-electron chi connectivity index (χ0n) is 12.5. The van der Waals surface area contributed by atoms with E-state index in [1.54, 1.807) is 5.43 Å². The van der Waals surface area contributed by atoms with E-state index in [0.29, 0.717) is 24.4 Å². The SMILES string of the molecule is CCCCN(NC(=O)C(F)(F)F)C(=O)CN(N)CC(C)C. The lowest BCUT2D eigenvalue weighted by Gasteiger charge is -2.26. The predicted molar refractivity (Wildman–Crippen MR) is 71.4 cm³/mol. The first-order chi connectivity index (χ1) is 9.57. The average molecular weight is 312 g/mol. The molecule has 0 atom stereocenters. The molecule has 0 radical (unpaired) electrons. The fraction of sp³-hybridized carbons (Fsp3) is 0.833. The molecular weight excluding hydrogens is 289 g/mol. The van der Waals surface area contributed by atoms with E-state index < -0.39 is 18.0 Å². The summed E-state index contributed by atoms with van der Waals surface area (Å²) in [7, 11) is 0. The third kappa shape index (κ3) is 8.51. The van der Waals surface area contributed by atoms with Crippen molar-refractivity contribution >= 4 is 11.8 Å². The van der Waals surface area contributed by atoms with E-state index in [4.69, 9.17) is 5.84 Å². The second kappa shape index (κ2) is 8.83. The van der Waals surface area contributed by atoms with Crippen LogP contribution in [-0.2, 0) is 9.59 Å². The van der Waals surface area contributed by atoms with Crippen molar-refractivity contribution in [3.05, 3.63) is 0 Å². The van der Waals surface area contributed by atoms with Gasteiger partial charge in [-0.1, -0.05) is 27.2 Å². The van der Waals surface area contributed by atoms with Crippen LogP contribution in [0.2, 0.25) is 0 Å². The summed E-state index contributed by atoms with van der Waals surface area (Å²) in [4.78, 5) is 22.9. The molecule has 3 N–H and O–H groups in total. The van der Waals surface area contributed by atoms with Crippen LogP contribution in [0.15, 0.2) is 0 Å². The highest BCUT2D eigenvalue weighted by Crippen LogP contribution is 2.14. The topological polar surface area (TPSA) is 78.7 Å². The Morgan fingerprint density at radius 1 is 1.29 bits per heavy atom. The lowest BCUT2D eigenvalue weighted by atomic mass is 10.2. The van der Waals surface area contributed by atoms with E-state index in [0.717, 1.165) is 0 Å². The fourth-order valence-corrected chi connectivity index (χ4v) is 1.54. The van der Waals surface area contributed by atoms with Gasteiger partial charge in [0.15, 0.2) is 0 Å². The number of nitrogens with one attached hydrogen (secondary N) is 1. The Balaban J connectivity index is 4.66. The monoisotopic (exact) mass is 312 g/mol. The third-order valence-electron chi connectivity index (χ3n) is 2.47. The summed E-state index contributed by atoms with van der Waals surface area (Å²) in [6.45, 7) is 5.77. The van der Waals surface area contributed by atoms with Gasteiger partial charge in [0.1, 0.15) is 0 Å². The lowest BCUT2D eigenvalue weighted by Crippen LogP contribution is -2.54. The molecular formula is C12H23F3N4O2. The molecule has 0 spiro atoms. The van der Waals surface area contributed by atoms with Crippen LogP contribution in [0.1, 0.15) is 33.6 Å². The number of carbonyl (C=O) groups excluding carboxylic acids is 2. The maximum absolute atomic E-state index is 12.2. The number of nitrogens with zero attached hydrogens (tertiary/aromatic N) is 2. The molecule has 6 nitrogen and oxygen atoms in total. The molecule has 0 saturated heterocycles. The molecule has 21 heavy (non-hydrogen) atoms. The third-order valence-corrected chi connectivity index (χ3v) is 2.47. The van der Waals surface area contributed by atoms with Crippen molar-refractivity contribution in [1.29, 1.82) is 0 Å². The highest BCUT2D eigenvalue weighted by molar-refractivity contribution is 5.85. The number of hydrazine groups is 2. The van der Waals surface area contributed by atoms with Crippen molar-refractivity contribution in [3.8, 4) is 0 Å². The van der Waals surface area contributed by atoms with Crippen molar-refractivity contribution < 1.29 is 22.8 Å². The lowest BCUT2D eigenvalue weighted by molar-refractivity contribution is -0.180. The summed E-state index contributed by atoms with van der Waals surface area (Å²) >= 11 is 0. The molecule has 0 bridgehead atoms. The van der Waals surface area contributed by atoms with Crippen LogP contribution in [0, 0.1) is 5.92 Å². The van der Waals surface area contributed by atoms with Crippen molar-refractivity contribution in [1.82, 2.24) is 15.4 Å². The largest absolute Gasteiger partial charge is 0.472 e. The van der Waals surface area contributed by atoms with Crippen molar-refractivity contribution in [2.45, 2.75) is 39.8 Å². The maximum atomic E-state index is 12.2. The van der Waals surface area contributed by atoms with Gasteiger partial charge in [-0.2, -0.15) is 13.2 Å². The number of halogens is 3. The van der Waals surface area contributed by atoms with E-state index in [1.165, 1.54) is 5.01 Å². The molecule has 0 heterocycles. The van der Waals surface area contributed by atoms with Gasteiger partial charge in [0, 0.05) is 13.1 Å². The molecule has 0 aliphatic carbocycles. The highest BCUT2D eigenvalue weighted by Gasteiger charge is 2.40. The first-order valence-corrected chi connectivity index (χ1v) is 6.75. The van der Waals surface area contributed by atoms with Gasteiger partial charge in [-0.05, 0) is 12.3 Å². The molecule has 0 aromatic carbocycles. The number of carbonyl (C=O) groups is 2.